The molecule has 2 amide bonds. The van der Waals surface area contributed by atoms with Crippen LogP contribution in [0.5, 0.6) is 0 Å². The Morgan fingerprint density at radius 1 is 0.515 bits per heavy atom. The Balaban J connectivity index is 1.26. The molecule has 103 heavy (non-hydrogen) atoms. The zero-order valence-corrected chi connectivity index (χ0v) is 60.7. The van der Waals surface area contributed by atoms with E-state index in [0.717, 1.165) is 24.3 Å². The fourth-order valence-corrected chi connectivity index (χ4v) is 15.8. The third-order valence-electron chi connectivity index (χ3n) is 17.4. The number of fused-ring (bicyclic) bond motifs is 6. The molecule has 1 aliphatic carbocycles. The molecule has 8 rings (SSSR count). The highest BCUT2D eigenvalue weighted by Crippen LogP contribution is 2.53. The number of aliphatic hydroxyl groups excluding tert-OH is 1. The van der Waals surface area contributed by atoms with Gasteiger partial charge in [0.25, 0.3) is 11.8 Å². The first-order valence-corrected chi connectivity index (χ1v) is 39.5. The van der Waals surface area contributed by atoms with Crippen molar-refractivity contribution in [3.8, 4) is 0 Å². The van der Waals surface area contributed by atoms with Gasteiger partial charge in [-0.05, 0) is 80.3 Å². The van der Waals surface area contributed by atoms with Crippen molar-refractivity contribution in [1.82, 2.24) is 5.06 Å². The van der Waals surface area contributed by atoms with Crippen LogP contribution in [-0.2, 0) is 133 Å². The van der Waals surface area contributed by atoms with Gasteiger partial charge >= 0.3 is 5.97 Å². The maximum atomic E-state index is 15.7. The van der Waals surface area contributed by atoms with Crippen molar-refractivity contribution < 1.29 is 150 Å². The first-order valence-electron chi connectivity index (χ1n) is 32.2. The summed E-state index contributed by atoms with van der Waals surface area (Å²) in [7, 11) is -24.3. The van der Waals surface area contributed by atoms with Crippen LogP contribution < -0.4 is 0 Å². The number of rotatable bonds is 45. The molecular formula is C64H78N3O31S5-3. The number of nitrogens with zero attached hydrogens (tertiary/aromatic N) is 3. The topological polar surface area (TPSA) is 485 Å². The quantitative estimate of drug-likeness (QED) is 0.0217. The Bertz CT molecular complexity index is 4600. The molecule has 4 aromatic carbocycles. The molecule has 1 saturated heterocycles. The molecule has 0 radical (unpaired) electrons. The number of amides is 2. The molecule has 568 valence electrons. The Kier molecular flexibility index (Phi) is 28.1. The highest BCUT2D eigenvalue weighted by molar-refractivity contribution is 7.87. The SMILES string of the molecule is COCCOCCOCCOCCOCCOCC[N+]1=C(/C=C2\C(=O)C(C3=[N+](CCCC(=O)ON4C(=O)CCC4=O)c4ccc5c(S(=O)(=O)[O-])cc(S(=O)(=O)[O-])cc5c4C3(C)CCOCCOCCOCCOC)=C2O)C(C)(CCCS(=O)(=O)[O-])c2c1ccc1c(S(=O)(=O)[O-])cc(S(=O)(=O)[O-])cc21. The molecular weight excluding hydrogens is 1470 g/mol. The molecule has 4 aliphatic rings. The average molecular weight is 1550 g/mol. The molecule has 2 unspecified atom stereocenters. The number of ketones is 1. The van der Waals surface area contributed by atoms with E-state index in [-0.39, 0.29) is 168 Å². The maximum Gasteiger partial charge on any atom is 0.333 e. The summed E-state index contributed by atoms with van der Waals surface area (Å²) < 4.78 is 250. The number of hydroxylamine groups is 2. The van der Waals surface area contributed by atoms with E-state index < -0.39 is 152 Å². The van der Waals surface area contributed by atoms with Crippen LogP contribution >= 0.6 is 0 Å². The minimum atomic E-state index is -5.62. The molecule has 0 aromatic heterocycles. The number of carbonyl (C=O) groups is 4. The van der Waals surface area contributed by atoms with Crippen molar-refractivity contribution in [2.75, 3.05) is 152 Å². The summed E-state index contributed by atoms with van der Waals surface area (Å²) in [5, 5.41) is 11.8. The Morgan fingerprint density at radius 2 is 0.932 bits per heavy atom. The predicted molar refractivity (Wildman–Crippen MR) is 352 cm³/mol. The van der Waals surface area contributed by atoms with E-state index in [9.17, 15) is 84.3 Å². The van der Waals surface area contributed by atoms with Crippen LogP contribution in [0.2, 0.25) is 0 Å². The third kappa shape index (κ3) is 20.1. The van der Waals surface area contributed by atoms with Crippen LogP contribution in [0, 0.1) is 0 Å². The molecule has 3 aliphatic heterocycles. The van der Waals surface area contributed by atoms with Crippen LogP contribution in [0.15, 0.2) is 91.1 Å². The number of ether oxygens (including phenoxy) is 10. The number of carbonyl (C=O) groups excluding carboxylic acids is 4. The number of hydrogen-bond acceptors (Lipinski definition) is 31. The lowest BCUT2D eigenvalue weighted by atomic mass is 9.68. The monoisotopic (exact) mass is 1540 g/mol. The van der Waals surface area contributed by atoms with E-state index in [1.165, 1.54) is 48.3 Å². The Labute approximate surface area is 594 Å². The summed E-state index contributed by atoms with van der Waals surface area (Å²) >= 11 is 0. The molecule has 0 saturated carbocycles. The fraction of sp³-hybridized carbons (Fsp3) is 0.531. The maximum absolute atomic E-state index is 15.7. The summed E-state index contributed by atoms with van der Waals surface area (Å²) in [5.74, 6) is -5.45. The summed E-state index contributed by atoms with van der Waals surface area (Å²) in [6.45, 7) is 5.22. The van der Waals surface area contributed by atoms with E-state index in [0.29, 0.717) is 56.8 Å². The van der Waals surface area contributed by atoms with Crippen molar-refractivity contribution in [2.45, 2.75) is 89.2 Å². The largest absolute Gasteiger partial charge is 0.748 e. The molecule has 4 aromatic rings. The number of allylic oxidation sites excluding steroid dienone is 3. The molecule has 0 spiro atoms. The lowest BCUT2D eigenvalue weighted by Crippen LogP contribution is -2.43. The van der Waals surface area contributed by atoms with Crippen molar-refractivity contribution in [1.29, 1.82) is 0 Å². The van der Waals surface area contributed by atoms with Crippen LogP contribution in [-0.4, -0.2) is 271 Å². The normalized spacial score (nSPS) is 18.6. The predicted octanol–water partition coefficient (Wildman–Crippen LogP) is 1.87. The molecule has 1 fully saturated rings. The fourth-order valence-electron chi connectivity index (χ4n) is 12.7. The Morgan fingerprint density at radius 3 is 1.35 bits per heavy atom. The van der Waals surface area contributed by atoms with Gasteiger partial charge < -0.3 is 80.1 Å². The molecule has 34 nitrogen and oxygen atoms in total. The van der Waals surface area contributed by atoms with Crippen LogP contribution in [0.25, 0.3) is 21.5 Å². The van der Waals surface area contributed by atoms with E-state index >= 15 is 4.79 Å². The van der Waals surface area contributed by atoms with Gasteiger partial charge in [-0.15, -0.1) is 5.06 Å². The summed E-state index contributed by atoms with van der Waals surface area (Å²) in [4.78, 5) is 54.6. The molecule has 39 heteroatoms. The molecule has 0 bridgehead atoms. The third-order valence-corrected chi connectivity index (χ3v) is 21.5. The smallest absolute Gasteiger partial charge is 0.333 e. The highest BCUT2D eigenvalue weighted by Gasteiger charge is 2.58. The van der Waals surface area contributed by atoms with Gasteiger partial charge in [-0.25, -0.2) is 46.9 Å². The summed E-state index contributed by atoms with van der Waals surface area (Å²) in [6, 6.07) is 7.37. The zero-order chi connectivity index (χ0) is 75.3. The second kappa shape index (κ2) is 35.2. The first kappa shape index (κ1) is 82.1. The van der Waals surface area contributed by atoms with Gasteiger partial charge in [-0.1, -0.05) is 0 Å². The standard InChI is InChI=1S/C64H81N3O31S5/c1-63(14-6-36-99(73,74)75)53(65(17-19-91-25-27-95-32-33-97-35-34-96-31-29-93-23-21-89-4)49-10-8-44-46(58(49)63)37-42(100(76,77)78)39-51(44)102(82,83)84)41-48-60(71)57(61(48)72)62-64(2,15-18-90-24-26-94-30-28-92-22-20-88-3)59-47-38-43(101(79,80)81)40-52(103(85,86)87)45(47)9-11-50(59)66(62)16-5-7-56(70)98-67-54(68)12-13-55(67)69/h8-11,37-41H,5-7,12-36H2,1-4H3,(H4-,73,74,75,76,77,78,79,80,81,82,83,84,85,86,87)/p-3. The number of Topliss-reactive ketones (excluding diaryl/α,β-unsaturated/α-hetero) is 1. The first-order chi connectivity index (χ1) is 48.6. The zero-order valence-electron chi connectivity index (χ0n) is 56.6. The van der Waals surface area contributed by atoms with Crippen molar-refractivity contribution in [3.63, 3.8) is 0 Å². The van der Waals surface area contributed by atoms with Crippen LogP contribution in [0.4, 0.5) is 11.4 Å². The van der Waals surface area contributed by atoms with E-state index in [1.54, 1.807) is 7.11 Å². The lowest BCUT2D eigenvalue weighted by Gasteiger charge is -2.30. The second-order valence-electron chi connectivity index (χ2n) is 24.2. The number of benzene rings is 4. The second-order valence-corrected chi connectivity index (χ2v) is 31.2. The van der Waals surface area contributed by atoms with Gasteiger partial charge in [0.05, 0.1) is 158 Å². The minimum Gasteiger partial charge on any atom is -0.748 e. The van der Waals surface area contributed by atoms with Gasteiger partial charge in [0, 0.05) is 85.9 Å². The number of hydrogen-bond donors (Lipinski definition) is 1. The minimum absolute atomic E-state index is 0.00619. The van der Waals surface area contributed by atoms with Crippen molar-refractivity contribution >= 4 is 119 Å². The van der Waals surface area contributed by atoms with Gasteiger partial charge in [0.1, 0.15) is 65.0 Å². The highest BCUT2D eigenvalue weighted by atomic mass is 32.2. The lowest BCUT2D eigenvalue weighted by molar-refractivity contribution is -0.442. The average Bonchev–Trinajstić information content (AvgIpc) is 1.55. The van der Waals surface area contributed by atoms with Gasteiger partial charge in [-0.3, -0.25) is 14.4 Å². The van der Waals surface area contributed by atoms with Crippen molar-refractivity contribution in [2.24, 2.45) is 0 Å². The van der Waals surface area contributed by atoms with Gasteiger partial charge in [0.2, 0.25) is 22.9 Å². The molecule has 1 N–H and O–H groups in total. The van der Waals surface area contributed by atoms with E-state index in [1.807, 2.05) is 0 Å². The van der Waals surface area contributed by atoms with Gasteiger partial charge in [-0.2, -0.15) is 9.15 Å². The van der Waals surface area contributed by atoms with Crippen molar-refractivity contribution in [3.05, 3.63) is 82.6 Å². The summed E-state index contributed by atoms with van der Waals surface area (Å²) in [5.41, 5.74) is -4.74. The number of methoxy groups -OCH3 is 2. The number of imide groups is 1. The summed E-state index contributed by atoms with van der Waals surface area (Å²) in [6.07, 6.45) is -1.25. The van der Waals surface area contributed by atoms with Crippen LogP contribution in [0.1, 0.15) is 69.9 Å². The molecule has 2 atom stereocenters. The molecule has 3 heterocycles. The van der Waals surface area contributed by atoms with Gasteiger partial charge in [0.15, 0.2) is 12.3 Å². The van der Waals surface area contributed by atoms with E-state index in [4.69, 9.17) is 52.2 Å². The van der Waals surface area contributed by atoms with Crippen LogP contribution in [0.3, 0.4) is 0 Å². The Hall–Kier alpha value is -6.55. The number of aliphatic hydroxyl groups is 1. The van der Waals surface area contributed by atoms with E-state index in [2.05, 4.69) is 0 Å².